The van der Waals surface area contributed by atoms with E-state index >= 15 is 0 Å². The molecule has 0 amide bonds. The van der Waals surface area contributed by atoms with Crippen molar-refractivity contribution in [2.45, 2.75) is 19.2 Å². The van der Waals surface area contributed by atoms with Gasteiger partial charge < -0.3 is 14.5 Å². The number of aldehydes is 1. The number of hydrogen-bond acceptors (Lipinski definition) is 6. The summed E-state index contributed by atoms with van der Waals surface area (Å²) in [4.78, 5) is 15.4. The highest BCUT2D eigenvalue weighted by atomic mass is 16.5. The quantitative estimate of drug-likeness (QED) is 0.342. The van der Waals surface area contributed by atoms with Crippen LogP contribution in [0.25, 0.3) is 0 Å². The van der Waals surface area contributed by atoms with E-state index in [1.807, 2.05) is 68.7 Å². The highest BCUT2D eigenvalue weighted by Gasteiger charge is 2.33. The molecule has 0 aromatic heterocycles. The first-order valence-electron chi connectivity index (χ1n) is 9.64. The predicted molar refractivity (Wildman–Crippen MR) is 115 cm³/mol. The minimum Gasteiger partial charge on any atom is -0.453 e. The van der Waals surface area contributed by atoms with Gasteiger partial charge in [-0.05, 0) is 31.7 Å². The molecule has 0 fully saturated rings. The lowest BCUT2D eigenvalue weighted by atomic mass is 9.99. The number of likely N-dealkylation sites (N-methyl/N-ethyl adjacent to an activating group) is 3. The van der Waals surface area contributed by atoms with Gasteiger partial charge in [-0.2, -0.15) is 0 Å². The molecule has 2 N–H and O–H groups in total. The van der Waals surface area contributed by atoms with Gasteiger partial charge in [0.05, 0.1) is 11.7 Å². The zero-order valence-corrected chi connectivity index (χ0v) is 17.3. The number of carbonyl (C=O) groups is 1. The highest BCUT2D eigenvalue weighted by molar-refractivity contribution is 5.91. The standard InChI is InChI=1S/C23H28N4O2/c1-16-21(23(25-2)29-22(24)19-8-6-5-7-9-19)27(4)20(14-26(16)3)18-12-10-17(15-28)11-13-18/h5-13,15,20,23-25H,14H2,1-4H3. The molecule has 0 spiro atoms. The second kappa shape index (κ2) is 8.92. The van der Waals surface area contributed by atoms with Crippen molar-refractivity contribution in [1.29, 1.82) is 5.41 Å². The van der Waals surface area contributed by atoms with E-state index in [9.17, 15) is 4.79 Å². The molecule has 1 aliphatic rings. The first-order chi connectivity index (χ1) is 14.0. The Labute approximate surface area is 172 Å². The zero-order valence-electron chi connectivity index (χ0n) is 17.3. The molecule has 0 saturated carbocycles. The Balaban J connectivity index is 1.88. The number of allylic oxidation sites excluding steroid dienone is 1. The number of ether oxygens (including phenoxy) is 1. The van der Waals surface area contributed by atoms with E-state index in [1.165, 1.54) is 0 Å². The maximum Gasteiger partial charge on any atom is 0.215 e. The van der Waals surface area contributed by atoms with Gasteiger partial charge in [-0.15, -0.1) is 0 Å². The Morgan fingerprint density at radius 2 is 1.83 bits per heavy atom. The van der Waals surface area contributed by atoms with Crippen molar-refractivity contribution >= 4 is 12.2 Å². The van der Waals surface area contributed by atoms with Crippen LogP contribution in [0.15, 0.2) is 66.0 Å². The van der Waals surface area contributed by atoms with E-state index in [2.05, 4.69) is 29.1 Å². The zero-order chi connectivity index (χ0) is 21.0. The van der Waals surface area contributed by atoms with Crippen LogP contribution in [0.3, 0.4) is 0 Å². The second-order valence-corrected chi connectivity index (χ2v) is 7.24. The monoisotopic (exact) mass is 392 g/mol. The normalized spacial score (nSPS) is 17.9. The molecule has 1 heterocycles. The molecule has 152 valence electrons. The van der Waals surface area contributed by atoms with Crippen molar-refractivity contribution in [1.82, 2.24) is 15.1 Å². The third-order valence-corrected chi connectivity index (χ3v) is 5.48. The van der Waals surface area contributed by atoms with Crippen molar-refractivity contribution in [3.8, 4) is 0 Å². The topological polar surface area (TPSA) is 68.7 Å². The lowest BCUT2D eigenvalue weighted by Crippen LogP contribution is -2.48. The van der Waals surface area contributed by atoms with Gasteiger partial charge in [-0.25, -0.2) is 0 Å². The Morgan fingerprint density at radius 1 is 1.17 bits per heavy atom. The van der Waals surface area contributed by atoms with Crippen LogP contribution in [-0.4, -0.2) is 55.9 Å². The van der Waals surface area contributed by atoms with E-state index in [0.717, 1.165) is 35.4 Å². The van der Waals surface area contributed by atoms with Gasteiger partial charge >= 0.3 is 0 Å². The lowest BCUT2D eigenvalue weighted by Gasteiger charge is -2.44. The summed E-state index contributed by atoms with van der Waals surface area (Å²) in [5.41, 5.74) is 4.60. The van der Waals surface area contributed by atoms with Gasteiger partial charge in [-0.1, -0.05) is 42.5 Å². The molecule has 0 radical (unpaired) electrons. The fourth-order valence-corrected chi connectivity index (χ4v) is 3.66. The first kappa shape index (κ1) is 20.6. The summed E-state index contributed by atoms with van der Waals surface area (Å²) in [6.45, 7) is 2.89. The number of hydrogen-bond donors (Lipinski definition) is 2. The number of carbonyl (C=O) groups excluding carboxylic acids is 1. The van der Waals surface area contributed by atoms with E-state index in [1.54, 1.807) is 0 Å². The van der Waals surface area contributed by atoms with E-state index in [4.69, 9.17) is 10.1 Å². The van der Waals surface area contributed by atoms with E-state index < -0.39 is 6.23 Å². The summed E-state index contributed by atoms with van der Waals surface area (Å²) < 4.78 is 6.03. The van der Waals surface area contributed by atoms with Crippen LogP contribution in [0.1, 0.15) is 34.5 Å². The first-order valence-corrected chi connectivity index (χ1v) is 9.64. The summed E-state index contributed by atoms with van der Waals surface area (Å²) in [5, 5.41) is 11.6. The number of nitrogens with one attached hydrogen (secondary N) is 2. The minimum absolute atomic E-state index is 0.102. The largest absolute Gasteiger partial charge is 0.453 e. The smallest absolute Gasteiger partial charge is 0.215 e. The average molecular weight is 393 g/mol. The number of rotatable bonds is 6. The number of benzene rings is 2. The average Bonchev–Trinajstić information content (AvgIpc) is 2.76. The Morgan fingerprint density at radius 3 is 2.41 bits per heavy atom. The van der Waals surface area contributed by atoms with Gasteiger partial charge in [0, 0.05) is 37.5 Å². The molecule has 6 heteroatoms. The van der Waals surface area contributed by atoms with Crippen molar-refractivity contribution in [2.75, 3.05) is 27.7 Å². The molecule has 3 rings (SSSR count). The van der Waals surface area contributed by atoms with Crippen molar-refractivity contribution in [3.63, 3.8) is 0 Å². The molecule has 2 aromatic rings. The van der Waals surface area contributed by atoms with E-state index in [0.29, 0.717) is 5.56 Å². The molecule has 6 nitrogen and oxygen atoms in total. The van der Waals surface area contributed by atoms with E-state index in [-0.39, 0.29) is 11.9 Å². The summed E-state index contributed by atoms with van der Waals surface area (Å²) in [6.07, 6.45) is 0.392. The van der Waals surface area contributed by atoms with Crippen LogP contribution in [0.2, 0.25) is 0 Å². The molecule has 0 saturated heterocycles. The molecule has 0 bridgehead atoms. The molecule has 2 aromatic carbocycles. The van der Waals surface area contributed by atoms with Gasteiger partial charge in [0.1, 0.15) is 6.29 Å². The molecule has 2 atom stereocenters. The Hall–Kier alpha value is -3.12. The Kier molecular flexibility index (Phi) is 6.34. The van der Waals surface area contributed by atoms with Crippen LogP contribution >= 0.6 is 0 Å². The minimum atomic E-state index is -0.466. The number of nitrogens with zero attached hydrogens (tertiary/aromatic N) is 2. The molecule has 2 unspecified atom stereocenters. The van der Waals surface area contributed by atoms with Crippen LogP contribution in [0.5, 0.6) is 0 Å². The second-order valence-electron chi connectivity index (χ2n) is 7.24. The fraction of sp³-hybridized carbons (Fsp3) is 0.304. The summed E-state index contributed by atoms with van der Waals surface area (Å²) in [6, 6.07) is 17.2. The third-order valence-electron chi connectivity index (χ3n) is 5.48. The van der Waals surface area contributed by atoms with Crippen LogP contribution in [0.4, 0.5) is 0 Å². The van der Waals surface area contributed by atoms with Gasteiger partial charge in [0.2, 0.25) is 5.90 Å². The van der Waals surface area contributed by atoms with Gasteiger partial charge in [-0.3, -0.25) is 15.5 Å². The Bertz CT molecular complexity index is 893. The predicted octanol–water partition coefficient (Wildman–Crippen LogP) is 3.24. The maximum absolute atomic E-state index is 11.0. The molecule has 29 heavy (non-hydrogen) atoms. The SMILES string of the molecule is CNC(OC(=N)c1ccccc1)C1=C(C)N(C)CC(c2ccc(C=O)cc2)N1C. The third kappa shape index (κ3) is 4.32. The summed E-state index contributed by atoms with van der Waals surface area (Å²) >= 11 is 0. The molecule has 0 aliphatic carbocycles. The molecular weight excluding hydrogens is 364 g/mol. The van der Waals surface area contributed by atoms with Crippen molar-refractivity contribution in [2.24, 2.45) is 0 Å². The molecule has 1 aliphatic heterocycles. The summed E-state index contributed by atoms with van der Waals surface area (Å²) in [5.74, 6) is 0.124. The van der Waals surface area contributed by atoms with Crippen molar-refractivity contribution in [3.05, 3.63) is 82.7 Å². The van der Waals surface area contributed by atoms with Crippen molar-refractivity contribution < 1.29 is 9.53 Å². The summed E-state index contributed by atoms with van der Waals surface area (Å²) in [7, 11) is 5.94. The van der Waals surface area contributed by atoms with Gasteiger partial charge in [0.15, 0.2) is 6.23 Å². The fourth-order valence-electron chi connectivity index (χ4n) is 3.66. The highest BCUT2D eigenvalue weighted by Crippen LogP contribution is 2.33. The maximum atomic E-state index is 11.0. The molecular formula is C23H28N4O2. The van der Waals surface area contributed by atoms with Crippen LogP contribution < -0.4 is 5.32 Å². The lowest BCUT2D eigenvalue weighted by molar-refractivity contribution is 0.107. The van der Waals surface area contributed by atoms with Crippen LogP contribution in [0, 0.1) is 5.41 Å². The van der Waals surface area contributed by atoms with Gasteiger partial charge in [0.25, 0.3) is 0 Å². The van der Waals surface area contributed by atoms with Crippen LogP contribution in [-0.2, 0) is 4.74 Å².